The Morgan fingerprint density at radius 3 is 2.43 bits per heavy atom. The Labute approximate surface area is 95.0 Å². The van der Waals surface area contributed by atoms with Crippen molar-refractivity contribution in [3.8, 4) is 0 Å². The van der Waals surface area contributed by atoms with Crippen molar-refractivity contribution in [1.29, 1.82) is 0 Å². The summed E-state index contributed by atoms with van der Waals surface area (Å²) in [6, 6.07) is 0. The summed E-state index contributed by atoms with van der Waals surface area (Å²) in [6.07, 6.45) is 1.98. The summed E-state index contributed by atoms with van der Waals surface area (Å²) in [4.78, 5) is 11.8. The first kappa shape index (κ1) is 12.0. The molecule has 0 aromatic carbocycles. The molecule has 14 heavy (non-hydrogen) atoms. The highest BCUT2D eigenvalue weighted by molar-refractivity contribution is 9.09. The van der Waals surface area contributed by atoms with Crippen molar-refractivity contribution < 1.29 is 4.79 Å². The largest absolute Gasteiger partial charge is 0.350 e. The van der Waals surface area contributed by atoms with Gasteiger partial charge in [0.2, 0.25) is 5.91 Å². The minimum absolute atomic E-state index is 0.0875. The number of hydrogen-bond donors (Lipinski definition) is 1. The second kappa shape index (κ2) is 3.84. The van der Waals surface area contributed by atoms with E-state index in [1.165, 1.54) is 0 Å². The first-order valence-electron chi connectivity index (χ1n) is 5.22. The van der Waals surface area contributed by atoms with E-state index in [0.29, 0.717) is 0 Å². The zero-order valence-electron chi connectivity index (χ0n) is 9.48. The van der Waals surface area contributed by atoms with E-state index in [9.17, 15) is 4.79 Å². The van der Waals surface area contributed by atoms with E-state index in [1.807, 2.05) is 0 Å². The molecule has 1 rings (SSSR count). The van der Waals surface area contributed by atoms with Crippen molar-refractivity contribution >= 4 is 21.8 Å². The van der Waals surface area contributed by atoms with Crippen LogP contribution in [0.1, 0.15) is 40.5 Å². The first-order chi connectivity index (χ1) is 6.34. The lowest BCUT2D eigenvalue weighted by molar-refractivity contribution is -0.124. The van der Waals surface area contributed by atoms with Crippen LogP contribution < -0.4 is 5.32 Å². The fraction of sp³-hybridized carbons (Fsp3) is 0.909. The number of alkyl halides is 1. The lowest BCUT2D eigenvalue weighted by Gasteiger charge is -2.27. The van der Waals surface area contributed by atoms with Gasteiger partial charge in [0.1, 0.15) is 0 Å². The molecule has 1 saturated carbocycles. The summed E-state index contributed by atoms with van der Waals surface area (Å²) < 4.78 is 0. The van der Waals surface area contributed by atoms with Crippen molar-refractivity contribution in [3.63, 3.8) is 0 Å². The number of hydrogen-bond acceptors (Lipinski definition) is 1. The Hall–Kier alpha value is -0.0500. The van der Waals surface area contributed by atoms with Gasteiger partial charge in [0.05, 0.1) is 0 Å². The zero-order valence-corrected chi connectivity index (χ0v) is 11.1. The Bertz CT molecular complexity index is 233. The summed E-state index contributed by atoms with van der Waals surface area (Å²) in [7, 11) is 0. The molecule has 0 aromatic heterocycles. The molecule has 1 aliphatic carbocycles. The van der Waals surface area contributed by atoms with Crippen LogP contribution in [-0.4, -0.2) is 16.8 Å². The molecule has 1 N–H and O–H groups in total. The zero-order chi connectivity index (χ0) is 11.0. The molecule has 0 spiro atoms. The summed E-state index contributed by atoms with van der Waals surface area (Å²) in [5.41, 5.74) is 0.140. The number of amides is 1. The maximum absolute atomic E-state index is 11.8. The van der Waals surface area contributed by atoms with E-state index in [4.69, 9.17) is 0 Å². The van der Waals surface area contributed by atoms with Crippen LogP contribution in [0.25, 0.3) is 0 Å². The minimum atomic E-state index is -0.0875. The normalized spacial score (nSPS) is 27.9. The second-order valence-electron chi connectivity index (χ2n) is 5.28. The lowest BCUT2D eigenvalue weighted by Crippen LogP contribution is -2.48. The van der Waals surface area contributed by atoms with Gasteiger partial charge in [0.25, 0.3) is 0 Å². The smallest absolute Gasteiger partial charge is 0.224 e. The van der Waals surface area contributed by atoms with Crippen LogP contribution in [-0.2, 0) is 4.79 Å². The van der Waals surface area contributed by atoms with Crippen molar-refractivity contribution in [1.82, 2.24) is 5.32 Å². The highest BCUT2D eigenvalue weighted by Gasteiger charge is 2.51. The van der Waals surface area contributed by atoms with E-state index in [-0.39, 0.29) is 22.8 Å². The molecule has 0 bridgehead atoms. The van der Waals surface area contributed by atoms with Crippen LogP contribution in [0, 0.1) is 11.3 Å². The molecule has 1 fully saturated rings. The highest BCUT2D eigenvalue weighted by atomic mass is 79.9. The van der Waals surface area contributed by atoms with E-state index in [1.54, 1.807) is 0 Å². The summed E-state index contributed by atoms with van der Waals surface area (Å²) in [5, 5.41) is 3.94. The minimum Gasteiger partial charge on any atom is -0.350 e. The third kappa shape index (κ3) is 2.50. The Balaban J connectivity index is 2.49. The van der Waals surface area contributed by atoms with Crippen LogP contribution in [0.4, 0.5) is 0 Å². The molecule has 2 atom stereocenters. The quantitative estimate of drug-likeness (QED) is 0.775. The summed E-state index contributed by atoms with van der Waals surface area (Å²) >= 11 is 3.44. The number of carbonyl (C=O) groups is 1. The van der Waals surface area contributed by atoms with Crippen molar-refractivity contribution in [3.05, 3.63) is 0 Å². The Kier molecular flexibility index (Phi) is 3.30. The Morgan fingerprint density at radius 1 is 1.64 bits per heavy atom. The lowest BCUT2D eigenvalue weighted by atomic mass is 10.0. The number of carbonyl (C=O) groups excluding carboxylic acids is 1. The standard InChI is InChI=1S/C11H20BrNO/c1-5-11(4,7-12)13-9(14)8-6-10(8,2)3/h8H,5-7H2,1-4H3,(H,13,14). The second-order valence-corrected chi connectivity index (χ2v) is 5.84. The van der Waals surface area contributed by atoms with Crippen molar-refractivity contribution in [2.45, 2.75) is 46.1 Å². The molecule has 0 saturated heterocycles. The molecule has 2 unspecified atom stereocenters. The highest BCUT2D eigenvalue weighted by Crippen LogP contribution is 2.51. The number of halogens is 1. The predicted molar refractivity (Wildman–Crippen MR) is 62.5 cm³/mol. The van der Waals surface area contributed by atoms with Gasteiger partial charge in [0.15, 0.2) is 0 Å². The number of nitrogens with one attached hydrogen (secondary N) is 1. The van der Waals surface area contributed by atoms with Crippen LogP contribution in [0.15, 0.2) is 0 Å². The SMILES string of the molecule is CCC(C)(CBr)NC(=O)C1CC1(C)C. The van der Waals surface area contributed by atoms with Crippen LogP contribution in [0.5, 0.6) is 0 Å². The molecule has 2 nitrogen and oxygen atoms in total. The molecule has 1 amide bonds. The van der Waals surface area contributed by atoms with Gasteiger partial charge < -0.3 is 5.32 Å². The summed E-state index contributed by atoms with van der Waals surface area (Å²) in [5.74, 6) is 0.450. The number of rotatable bonds is 4. The van der Waals surface area contributed by atoms with Crippen molar-refractivity contribution in [2.24, 2.45) is 11.3 Å². The predicted octanol–water partition coefficient (Wildman–Crippen LogP) is 2.71. The molecule has 1 aliphatic rings. The van der Waals surface area contributed by atoms with Gasteiger partial charge in [-0.05, 0) is 25.2 Å². The van der Waals surface area contributed by atoms with Gasteiger partial charge in [0, 0.05) is 16.8 Å². The van der Waals surface area contributed by atoms with Crippen LogP contribution in [0.3, 0.4) is 0 Å². The van der Waals surface area contributed by atoms with E-state index >= 15 is 0 Å². The molecule has 0 radical (unpaired) electrons. The Morgan fingerprint density at radius 2 is 2.14 bits per heavy atom. The molecular formula is C11H20BrNO. The average molecular weight is 262 g/mol. The molecule has 3 heteroatoms. The molecule has 82 valence electrons. The van der Waals surface area contributed by atoms with Gasteiger partial charge in [-0.2, -0.15) is 0 Å². The average Bonchev–Trinajstić information content (AvgIpc) is 2.75. The molecule has 0 heterocycles. The molecule has 0 aliphatic heterocycles. The van der Waals surface area contributed by atoms with Gasteiger partial charge >= 0.3 is 0 Å². The summed E-state index contributed by atoms with van der Waals surface area (Å²) in [6.45, 7) is 8.47. The van der Waals surface area contributed by atoms with Gasteiger partial charge in [-0.15, -0.1) is 0 Å². The van der Waals surface area contributed by atoms with Gasteiger partial charge in [-0.1, -0.05) is 36.7 Å². The molecule has 0 aromatic rings. The topological polar surface area (TPSA) is 29.1 Å². The molecular weight excluding hydrogens is 242 g/mol. The monoisotopic (exact) mass is 261 g/mol. The maximum atomic E-state index is 11.8. The fourth-order valence-electron chi connectivity index (χ4n) is 1.52. The third-order valence-electron chi connectivity index (χ3n) is 3.33. The van der Waals surface area contributed by atoms with E-state index in [2.05, 4.69) is 48.9 Å². The first-order valence-corrected chi connectivity index (χ1v) is 6.35. The van der Waals surface area contributed by atoms with Crippen LogP contribution in [0.2, 0.25) is 0 Å². The van der Waals surface area contributed by atoms with E-state index in [0.717, 1.165) is 18.2 Å². The van der Waals surface area contributed by atoms with Gasteiger partial charge in [-0.3, -0.25) is 4.79 Å². The maximum Gasteiger partial charge on any atom is 0.224 e. The van der Waals surface area contributed by atoms with Crippen LogP contribution >= 0.6 is 15.9 Å². The van der Waals surface area contributed by atoms with E-state index < -0.39 is 0 Å². The fourth-order valence-corrected chi connectivity index (χ4v) is 2.05. The van der Waals surface area contributed by atoms with Gasteiger partial charge in [-0.25, -0.2) is 0 Å². The van der Waals surface area contributed by atoms with Crippen molar-refractivity contribution in [2.75, 3.05) is 5.33 Å². The third-order valence-corrected chi connectivity index (χ3v) is 4.57.